The second kappa shape index (κ2) is 17.6. The summed E-state index contributed by atoms with van der Waals surface area (Å²) in [7, 11) is 0. The zero-order chi connectivity index (χ0) is 34.8. The van der Waals surface area contributed by atoms with Crippen LogP contribution in [-0.4, -0.2) is 129 Å². The molecule has 0 aromatic heterocycles. The molecule has 1 aromatic carbocycles. The fourth-order valence-corrected chi connectivity index (χ4v) is 7.48. The van der Waals surface area contributed by atoms with Crippen molar-refractivity contribution in [2.75, 3.05) is 72.2 Å². The molecule has 4 heterocycles. The van der Waals surface area contributed by atoms with Gasteiger partial charge in [-0.25, -0.2) is 13.2 Å². The molecular weight excluding hydrogens is 643 g/mol. The van der Waals surface area contributed by atoms with Crippen molar-refractivity contribution in [3.8, 4) is 0 Å². The van der Waals surface area contributed by atoms with Crippen LogP contribution < -0.4 is 10.6 Å². The van der Waals surface area contributed by atoms with Crippen molar-refractivity contribution in [3.05, 3.63) is 35.6 Å². The summed E-state index contributed by atoms with van der Waals surface area (Å²) >= 11 is 0. The summed E-state index contributed by atoms with van der Waals surface area (Å²) in [6, 6.07) is 5.17. The highest BCUT2D eigenvalue weighted by Crippen LogP contribution is 2.34. The Kier molecular flexibility index (Phi) is 13.3. The number of hydrogen-bond donors (Lipinski definition) is 2. The van der Waals surface area contributed by atoms with E-state index in [9.17, 15) is 32.3 Å². The number of alkyl halides is 2. The van der Waals surface area contributed by atoms with E-state index in [0.717, 1.165) is 0 Å². The Morgan fingerprint density at radius 2 is 1.63 bits per heavy atom. The van der Waals surface area contributed by atoms with E-state index in [4.69, 9.17) is 9.47 Å². The van der Waals surface area contributed by atoms with Crippen LogP contribution in [0, 0.1) is 17.7 Å². The first kappa shape index (κ1) is 37.0. The van der Waals surface area contributed by atoms with Gasteiger partial charge in [-0.1, -0.05) is 0 Å². The number of halogens is 3. The highest BCUT2D eigenvalue weighted by molar-refractivity contribution is 5.94. The number of carbonyl (C=O) groups is 4. The molecular formula is C35H50F3N5O6. The summed E-state index contributed by atoms with van der Waals surface area (Å²) in [6.07, 6.45) is 3.21. The first-order chi connectivity index (χ1) is 23.6. The number of fused-ring (bicyclic) bond motifs is 15. The van der Waals surface area contributed by atoms with Crippen LogP contribution in [0.4, 0.5) is 13.2 Å². The van der Waals surface area contributed by atoms with Crippen LogP contribution in [0.2, 0.25) is 0 Å². The maximum Gasteiger partial charge on any atom is 0.253 e. The molecule has 2 N–H and O–H groups in total. The van der Waals surface area contributed by atoms with Gasteiger partial charge in [0.15, 0.2) is 0 Å². The third kappa shape index (κ3) is 10.9. The second-order valence-corrected chi connectivity index (χ2v) is 13.8. The van der Waals surface area contributed by atoms with Gasteiger partial charge in [-0.05, 0) is 81.2 Å². The number of nitrogens with zero attached hydrogens (tertiary/aromatic N) is 3. The number of carbonyl (C=O) groups excluding carboxylic acids is 4. The van der Waals surface area contributed by atoms with E-state index < -0.39 is 11.7 Å². The SMILES string of the molecule is O=C1C[C@@H]2CCN(C[C@@H]2CCNC2CCC(F)(F)CC2)C(=O)CN(C2CCN(C(=O)c3ccc(F)cc3)CC2)C(=O)COCCOCCN1. The van der Waals surface area contributed by atoms with Crippen LogP contribution in [0.3, 0.4) is 0 Å². The Balaban J connectivity index is 1.23. The summed E-state index contributed by atoms with van der Waals surface area (Å²) in [4.78, 5) is 58.3. The lowest BCUT2D eigenvalue weighted by atomic mass is 9.80. The largest absolute Gasteiger partial charge is 0.377 e. The van der Waals surface area contributed by atoms with Gasteiger partial charge in [0, 0.05) is 69.6 Å². The number of benzene rings is 1. The van der Waals surface area contributed by atoms with Gasteiger partial charge in [-0.2, -0.15) is 0 Å². The van der Waals surface area contributed by atoms with E-state index in [0.29, 0.717) is 96.4 Å². The Labute approximate surface area is 286 Å². The molecule has 4 aliphatic heterocycles. The van der Waals surface area contributed by atoms with Crippen LogP contribution >= 0.6 is 0 Å². The van der Waals surface area contributed by atoms with Gasteiger partial charge in [-0.3, -0.25) is 19.2 Å². The smallest absolute Gasteiger partial charge is 0.253 e. The molecule has 0 unspecified atom stereocenters. The third-order valence-electron chi connectivity index (χ3n) is 10.4. The Hall–Kier alpha value is -3.23. The molecule has 4 saturated heterocycles. The normalized spacial score (nSPS) is 25.9. The number of piperidine rings is 2. The average Bonchev–Trinajstić information content (AvgIpc) is 3.09. The van der Waals surface area contributed by atoms with Crippen molar-refractivity contribution >= 4 is 23.6 Å². The number of hydrogen-bond acceptors (Lipinski definition) is 7. The van der Waals surface area contributed by atoms with Crippen molar-refractivity contribution < 1.29 is 41.8 Å². The number of amides is 4. The highest BCUT2D eigenvalue weighted by Gasteiger charge is 2.37. The summed E-state index contributed by atoms with van der Waals surface area (Å²) in [5.41, 5.74) is 0.393. The predicted molar refractivity (Wildman–Crippen MR) is 174 cm³/mol. The lowest BCUT2D eigenvalue weighted by Gasteiger charge is -2.42. The standard InChI is InChI=1S/C35H50F3N5O6/c36-28-3-1-25(2-4-28)34(47)41-16-9-30(10-17-41)43-23-32(45)42-15-8-26(21-31(44)40-14-18-48-19-20-49-24-33(43)46)27(22-42)7-13-39-29-5-11-35(37,38)12-6-29/h1-4,26-27,29-30,39H,5-24H2,(H,40,44)/t26-,27-/m0/s1. The van der Waals surface area contributed by atoms with Gasteiger partial charge in [0.25, 0.3) is 5.91 Å². The van der Waals surface area contributed by atoms with E-state index in [-0.39, 0.29) is 86.8 Å². The number of rotatable bonds is 6. The molecule has 0 spiro atoms. The molecule has 0 radical (unpaired) electrons. The minimum atomic E-state index is -2.59. The van der Waals surface area contributed by atoms with Crippen LogP contribution in [0.25, 0.3) is 0 Å². The van der Waals surface area contributed by atoms with Gasteiger partial charge in [-0.15, -0.1) is 0 Å². The molecule has 1 aromatic rings. The Morgan fingerprint density at radius 1 is 0.918 bits per heavy atom. The molecule has 1 aliphatic carbocycles. The Bertz CT molecular complexity index is 1270. The summed E-state index contributed by atoms with van der Waals surface area (Å²) in [6.45, 7) is 3.02. The van der Waals surface area contributed by atoms with Crippen molar-refractivity contribution in [1.29, 1.82) is 0 Å². The molecule has 11 nitrogen and oxygen atoms in total. The zero-order valence-corrected chi connectivity index (χ0v) is 28.2. The molecule has 5 fully saturated rings. The Morgan fingerprint density at radius 3 is 2.37 bits per heavy atom. The van der Waals surface area contributed by atoms with Gasteiger partial charge < -0.3 is 34.8 Å². The minimum absolute atomic E-state index is 0.0179. The first-order valence-electron chi connectivity index (χ1n) is 17.7. The molecule has 2 atom stereocenters. The monoisotopic (exact) mass is 693 g/mol. The van der Waals surface area contributed by atoms with Crippen molar-refractivity contribution in [2.45, 2.75) is 75.8 Å². The quantitative estimate of drug-likeness (QED) is 0.440. The number of ether oxygens (including phenoxy) is 2. The number of likely N-dealkylation sites (tertiary alicyclic amines) is 1. The molecule has 6 rings (SSSR count). The predicted octanol–water partition coefficient (Wildman–Crippen LogP) is 2.83. The topological polar surface area (TPSA) is 121 Å². The lowest BCUT2D eigenvalue weighted by molar-refractivity contribution is -0.148. The zero-order valence-electron chi connectivity index (χ0n) is 28.2. The van der Waals surface area contributed by atoms with Crippen LogP contribution in [0.1, 0.15) is 68.1 Å². The van der Waals surface area contributed by atoms with Crippen molar-refractivity contribution in [1.82, 2.24) is 25.3 Å². The van der Waals surface area contributed by atoms with Crippen molar-refractivity contribution in [3.63, 3.8) is 0 Å². The van der Waals surface area contributed by atoms with Crippen LogP contribution in [-0.2, 0) is 23.9 Å². The first-order valence-corrected chi connectivity index (χ1v) is 17.7. The minimum Gasteiger partial charge on any atom is -0.377 e. The van der Waals surface area contributed by atoms with Crippen LogP contribution in [0.5, 0.6) is 0 Å². The van der Waals surface area contributed by atoms with Crippen molar-refractivity contribution in [2.24, 2.45) is 11.8 Å². The lowest BCUT2D eigenvalue weighted by Crippen LogP contribution is -2.54. The van der Waals surface area contributed by atoms with E-state index in [2.05, 4.69) is 10.6 Å². The van der Waals surface area contributed by atoms with E-state index in [1.54, 1.807) is 14.7 Å². The summed E-state index contributed by atoms with van der Waals surface area (Å²) < 4.78 is 51.9. The molecule has 14 heteroatoms. The van der Waals surface area contributed by atoms with E-state index in [1.807, 2.05) is 0 Å². The van der Waals surface area contributed by atoms with Gasteiger partial charge >= 0.3 is 0 Å². The van der Waals surface area contributed by atoms with Gasteiger partial charge in [0.2, 0.25) is 23.6 Å². The maximum absolute atomic E-state index is 13.8. The molecule has 4 amide bonds. The van der Waals surface area contributed by atoms with E-state index >= 15 is 0 Å². The molecule has 272 valence electrons. The third-order valence-corrected chi connectivity index (χ3v) is 10.4. The molecule has 5 aliphatic rings. The van der Waals surface area contributed by atoms with Gasteiger partial charge in [0.1, 0.15) is 19.0 Å². The van der Waals surface area contributed by atoms with E-state index in [1.165, 1.54) is 24.3 Å². The summed E-state index contributed by atoms with van der Waals surface area (Å²) in [5.74, 6) is -3.71. The summed E-state index contributed by atoms with van der Waals surface area (Å²) in [5, 5.41) is 6.35. The van der Waals surface area contributed by atoms with Crippen LogP contribution in [0.15, 0.2) is 24.3 Å². The maximum atomic E-state index is 13.8. The number of nitrogens with one attached hydrogen (secondary N) is 2. The average molecular weight is 694 g/mol. The fourth-order valence-electron chi connectivity index (χ4n) is 7.48. The van der Waals surface area contributed by atoms with Gasteiger partial charge in [0.05, 0.1) is 19.8 Å². The molecule has 49 heavy (non-hydrogen) atoms. The second-order valence-electron chi connectivity index (χ2n) is 13.8. The molecule has 1 saturated carbocycles. The molecule has 2 bridgehead atoms. The highest BCUT2D eigenvalue weighted by atomic mass is 19.3. The fraction of sp³-hybridized carbons (Fsp3) is 0.714.